The van der Waals surface area contributed by atoms with E-state index in [2.05, 4.69) is 15.6 Å². The van der Waals surface area contributed by atoms with Gasteiger partial charge in [-0.1, -0.05) is 13.8 Å². The number of aromatic nitrogens is 1. The number of thiazole rings is 1. The lowest BCUT2D eigenvalue weighted by atomic mass is 10.0. The fourth-order valence-corrected chi connectivity index (χ4v) is 2.96. The molecule has 140 valence electrons. The summed E-state index contributed by atoms with van der Waals surface area (Å²) < 4.78 is 10.4. The van der Waals surface area contributed by atoms with Gasteiger partial charge in [0.15, 0.2) is 5.13 Å². The summed E-state index contributed by atoms with van der Waals surface area (Å²) in [7, 11) is 3.02. The lowest BCUT2D eigenvalue weighted by Gasteiger charge is -2.21. The second-order valence-corrected chi connectivity index (χ2v) is 7.30. The number of ether oxygens (including phenoxy) is 2. The van der Waals surface area contributed by atoms with E-state index in [1.54, 1.807) is 24.4 Å². The monoisotopic (exact) mass is 377 g/mol. The molecule has 1 aromatic carbocycles. The van der Waals surface area contributed by atoms with Crippen LogP contribution < -0.4 is 20.1 Å². The van der Waals surface area contributed by atoms with Gasteiger partial charge in [-0.3, -0.25) is 9.59 Å². The van der Waals surface area contributed by atoms with E-state index in [-0.39, 0.29) is 17.7 Å². The van der Waals surface area contributed by atoms with Crippen LogP contribution in [-0.2, 0) is 4.79 Å². The predicted molar refractivity (Wildman–Crippen MR) is 101 cm³/mol. The minimum atomic E-state index is -0.705. The fraction of sp³-hybridized carbons (Fsp3) is 0.389. The van der Waals surface area contributed by atoms with Crippen LogP contribution >= 0.6 is 11.3 Å². The molecule has 0 saturated carbocycles. The lowest BCUT2D eigenvalue weighted by molar-refractivity contribution is -0.118. The normalized spacial score (nSPS) is 11.8. The van der Waals surface area contributed by atoms with Gasteiger partial charge in [0, 0.05) is 22.7 Å². The van der Waals surface area contributed by atoms with Crippen LogP contribution in [0.3, 0.4) is 0 Å². The minimum absolute atomic E-state index is 0.104. The number of benzene rings is 1. The zero-order chi connectivity index (χ0) is 19.3. The van der Waals surface area contributed by atoms with Crippen molar-refractivity contribution in [2.24, 2.45) is 5.92 Å². The zero-order valence-electron chi connectivity index (χ0n) is 15.5. The molecule has 8 heteroatoms. The molecular weight excluding hydrogens is 354 g/mol. The highest BCUT2D eigenvalue weighted by Crippen LogP contribution is 2.23. The minimum Gasteiger partial charge on any atom is -0.497 e. The number of carbonyl (C=O) groups is 2. The van der Waals surface area contributed by atoms with Crippen molar-refractivity contribution >= 4 is 28.3 Å². The first kappa shape index (κ1) is 19.7. The van der Waals surface area contributed by atoms with Crippen LogP contribution in [0.1, 0.15) is 29.1 Å². The van der Waals surface area contributed by atoms with Crippen molar-refractivity contribution in [1.82, 2.24) is 10.3 Å². The van der Waals surface area contributed by atoms with Gasteiger partial charge in [0.2, 0.25) is 5.91 Å². The van der Waals surface area contributed by atoms with E-state index >= 15 is 0 Å². The number of methoxy groups -OCH3 is 2. The highest BCUT2D eigenvalue weighted by atomic mass is 32.1. The molecule has 2 amide bonds. The van der Waals surface area contributed by atoms with E-state index in [0.29, 0.717) is 22.2 Å². The van der Waals surface area contributed by atoms with Gasteiger partial charge in [-0.25, -0.2) is 4.98 Å². The van der Waals surface area contributed by atoms with E-state index in [1.807, 2.05) is 20.8 Å². The number of hydrogen-bond donors (Lipinski definition) is 2. The quantitative estimate of drug-likeness (QED) is 0.774. The molecule has 1 heterocycles. The number of rotatable bonds is 7. The average Bonchev–Trinajstić information content (AvgIpc) is 3.03. The lowest BCUT2D eigenvalue weighted by Crippen LogP contribution is -2.47. The Balaban J connectivity index is 2.16. The average molecular weight is 377 g/mol. The summed E-state index contributed by atoms with van der Waals surface area (Å²) in [4.78, 5) is 30.3. The Hall–Kier alpha value is -2.61. The third kappa shape index (κ3) is 4.95. The Bertz CT molecular complexity index is 766. The summed E-state index contributed by atoms with van der Waals surface area (Å²) in [6, 6.07) is 4.16. The Labute approximate surface area is 156 Å². The molecule has 0 unspecified atom stereocenters. The topological polar surface area (TPSA) is 89.5 Å². The maximum atomic E-state index is 12.6. The predicted octanol–water partition coefficient (Wildman–Crippen LogP) is 2.86. The molecule has 0 bridgehead atoms. The third-order valence-electron chi connectivity index (χ3n) is 3.70. The molecule has 2 N–H and O–H groups in total. The molecule has 0 aliphatic rings. The number of aryl methyl sites for hydroxylation is 1. The number of hydrogen-bond acceptors (Lipinski definition) is 6. The van der Waals surface area contributed by atoms with Gasteiger partial charge in [-0.15, -0.1) is 11.3 Å². The van der Waals surface area contributed by atoms with Crippen molar-refractivity contribution in [2.45, 2.75) is 26.8 Å². The molecule has 0 spiro atoms. The van der Waals surface area contributed by atoms with Gasteiger partial charge < -0.3 is 20.1 Å². The summed E-state index contributed by atoms with van der Waals surface area (Å²) in [5.74, 6) is 0.202. The summed E-state index contributed by atoms with van der Waals surface area (Å²) in [6.07, 6.45) is 1.69. The molecule has 26 heavy (non-hydrogen) atoms. The molecule has 1 aromatic heterocycles. The SMILES string of the molecule is COc1cc(OC)cc(C(=O)N[C@@H](C(=O)Nc2ncc(C)s2)C(C)C)c1. The third-order valence-corrected chi connectivity index (χ3v) is 4.53. The summed E-state index contributed by atoms with van der Waals surface area (Å²) >= 11 is 1.38. The van der Waals surface area contributed by atoms with Crippen LogP contribution in [0.4, 0.5) is 5.13 Å². The van der Waals surface area contributed by atoms with Crippen molar-refractivity contribution in [2.75, 3.05) is 19.5 Å². The molecular formula is C18H23N3O4S. The molecule has 0 fully saturated rings. The van der Waals surface area contributed by atoms with Gasteiger partial charge in [-0.2, -0.15) is 0 Å². The van der Waals surface area contributed by atoms with E-state index in [0.717, 1.165) is 4.88 Å². The Morgan fingerprint density at radius 2 is 1.73 bits per heavy atom. The first-order chi connectivity index (χ1) is 12.3. The van der Waals surface area contributed by atoms with Gasteiger partial charge >= 0.3 is 0 Å². The van der Waals surface area contributed by atoms with Crippen molar-refractivity contribution in [1.29, 1.82) is 0 Å². The first-order valence-electron chi connectivity index (χ1n) is 8.11. The fourth-order valence-electron chi connectivity index (χ4n) is 2.29. The maximum Gasteiger partial charge on any atom is 0.252 e. The molecule has 7 nitrogen and oxygen atoms in total. The van der Waals surface area contributed by atoms with Crippen LogP contribution in [0.25, 0.3) is 0 Å². The summed E-state index contributed by atoms with van der Waals surface area (Å²) in [5, 5.41) is 6.04. The van der Waals surface area contributed by atoms with Crippen molar-refractivity contribution in [3.05, 3.63) is 34.8 Å². The zero-order valence-corrected chi connectivity index (χ0v) is 16.3. The van der Waals surface area contributed by atoms with E-state index < -0.39 is 6.04 Å². The van der Waals surface area contributed by atoms with Crippen LogP contribution in [0, 0.1) is 12.8 Å². The van der Waals surface area contributed by atoms with Crippen molar-refractivity contribution in [3.8, 4) is 11.5 Å². The van der Waals surface area contributed by atoms with E-state index in [9.17, 15) is 9.59 Å². The molecule has 0 aliphatic heterocycles. The van der Waals surface area contributed by atoms with Gasteiger partial charge in [0.05, 0.1) is 14.2 Å². The first-order valence-corrected chi connectivity index (χ1v) is 8.93. The summed E-state index contributed by atoms with van der Waals surface area (Å²) in [6.45, 7) is 5.64. The number of nitrogens with zero attached hydrogens (tertiary/aromatic N) is 1. The van der Waals surface area contributed by atoms with Crippen molar-refractivity contribution in [3.63, 3.8) is 0 Å². The molecule has 0 saturated heterocycles. The maximum absolute atomic E-state index is 12.6. The van der Waals surface area contributed by atoms with Gasteiger partial charge in [0.1, 0.15) is 17.5 Å². The highest BCUT2D eigenvalue weighted by Gasteiger charge is 2.26. The number of amides is 2. The molecule has 0 aliphatic carbocycles. The van der Waals surface area contributed by atoms with Crippen LogP contribution in [0.15, 0.2) is 24.4 Å². The summed E-state index contributed by atoms with van der Waals surface area (Å²) in [5.41, 5.74) is 0.352. The second kappa shape index (κ2) is 8.66. The van der Waals surface area contributed by atoms with Crippen LogP contribution in [0.2, 0.25) is 0 Å². The Morgan fingerprint density at radius 3 is 2.19 bits per heavy atom. The number of anilines is 1. The molecule has 2 rings (SSSR count). The van der Waals surface area contributed by atoms with Crippen molar-refractivity contribution < 1.29 is 19.1 Å². The van der Waals surface area contributed by atoms with E-state index in [1.165, 1.54) is 25.6 Å². The molecule has 1 atom stereocenters. The van der Waals surface area contributed by atoms with E-state index in [4.69, 9.17) is 9.47 Å². The van der Waals surface area contributed by atoms with Crippen LogP contribution in [0.5, 0.6) is 11.5 Å². The number of carbonyl (C=O) groups excluding carboxylic acids is 2. The Morgan fingerprint density at radius 1 is 1.12 bits per heavy atom. The Kier molecular flexibility index (Phi) is 6.57. The molecule has 0 radical (unpaired) electrons. The highest BCUT2D eigenvalue weighted by molar-refractivity contribution is 7.15. The number of nitrogens with one attached hydrogen (secondary N) is 2. The molecule has 2 aromatic rings. The van der Waals surface area contributed by atoms with Gasteiger partial charge in [0.25, 0.3) is 5.91 Å². The largest absolute Gasteiger partial charge is 0.497 e. The smallest absolute Gasteiger partial charge is 0.252 e. The van der Waals surface area contributed by atoms with Gasteiger partial charge in [-0.05, 0) is 25.0 Å². The second-order valence-electron chi connectivity index (χ2n) is 6.06. The van der Waals surface area contributed by atoms with Crippen LogP contribution in [-0.4, -0.2) is 37.1 Å². The standard InChI is InChI=1S/C18H23N3O4S/c1-10(2)15(17(23)21-18-19-9-11(3)26-18)20-16(22)12-6-13(24-4)8-14(7-12)25-5/h6-10,15H,1-5H3,(H,20,22)(H,19,21,23)/t15-/m1/s1.